The van der Waals surface area contributed by atoms with E-state index in [0.29, 0.717) is 36.8 Å². The van der Waals surface area contributed by atoms with Crippen LogP contribution >= 0.6 is 23.5 Å². The van der Waals surface area contributed by atoms with Crippen LogP contribution in [0.3, 0.4) is 0 Å². The lowest BCUT2D eigenvalue weighted by atomic mass is 10.3. The first-order chi connectivity index (χ1) is 13.1. The Morgan fingerprint density at radius 2 is 1.14 bits per heavy atom. The minimum atomic E-state index is -0.977. The highest BCUT2D eigenvalue weighted by molar-refractivity contribution is 8.14. The Morgan fingerprint density at radius 1 is 0.821 bits per heavy atom. The predicted molar refractivity (Wildman–Crippen MR) is 111 cm³/mol. The summed E-state index contributed by atoms with van der Waals surface area (Å²) in [5.74, 6) is -1.95. The maximum absolute atomic E-state index is 13.0. The van der Waals surface area contributed by atoms with Crippen LogP contribution in [0, 0.1) is 0 Å². The molecule has 1 aliphatic heterocycles. The fourth-order valence-corrected chi connectivity index (χ4v) is 4.61. The average Bonchev–Trinajstić information content (AvgIpc) is 2.83. The monoisotopic (exact) mass is 426 g/mol. The molecule has 0 aromatic heterocycles. The van der Waals surface area contributed by atoms with Crippen LogP contribution in [0.2, 0.25) is 0 Å². The molecule has 1 aliphatic rings. The number of hydrogen-bond acceptors (Lipinski definition) is 7. The normalized spacial score (nSPS) is 16.4. The molecule has 1 heterocycles. The lowest BCUT2D eigenvalue weighted by molar-refractivity contribution is -0.143. The molecule has 154 valence electrons. The molecule has 0 saturated carbocycles. The Balaban J connectivity index is 3.19. The highest BCUT2D eigenvalue weighted by Gasteiger charge is 2.51. The average molecular weight is 427 g/mol. The minimum Gasteiger partial charge on any atom is -0.282 e. The number of hydrogen-bond donors (Lipinski definition) is 0. The van der Waals surface area contributed by atoms with E-state index in [1.54, 1.807) is 13.8 Å². The van der Waals surface area contributed by atoms with E-state index in [9.17, 15) is 24.0 Å². The number of amides is 4. The van der Waals surface area contributed by atoms with Crippen LogP contribution in [0.25, 0.3) is 0 Å². The van der Waals surface area contributed by atoms with Crippen LogP contribution < -0.4 is 0 Å². The second-order valence-electron chi connectivity index (χ2n) is 6.49. The number of rotatable bonds is 10. The lowest BCUT2D eigenvalue weighted by Gasteiger charge is -2.27. The first kappa shape index (κ1) is 24.2. The summed E-state index contributed by atoms with van der Waals surface area (Å²) in [5, 5.41) is -2.29. The van der Waals surface area contributed by atoms with Crippen LogP contribution in [-0.2, 0) is 19.2 Å². The third-order valence-electron chi connectivity index (χ3n) is 3.86. The van der Waals surface area contributed by atoms with Crippen molar-refractivity contribution in [3.05, 3.63) is 24.3 Å². The van der Waals surface area contributed by atoms with Gasteiger partial charge in [-0.25, -0.2) is 14.6 Å². The lowest BCUT2D eigenvalue weighted by Crippen LogP contribution is -2.42. The van der Waals surface area contributed by atoms with Crippen molar-refractivity contribution in [3.63, 3.8) is 0 Å². The number of thioether (sulfide) groups is 2. The van der Waals surface area contributed by atoms with Crippen molar-refractivity contribution in [2.45, 2.75) is 64.1 Å². The summed E-state index contributed by atoms with van der Waals surface area (Å²) in [6.45, 7) is 13.9. The summed E-state index contributed by atoms with van der Waals surface area (Å²) in [5.41, 5.74) is 0.583. The predicted octanol–water partition coefficient (Wildman–Crippen LogP) is 3.70. The molecule has 9 heteroatoms. The number of nitrogens with zero attached hydrogens (tertiary/aromatic N) is 2. The van der Waals surface area contributed by atoms with Crippen molar-refractivity contribution < 1.29 is 24.0 Å². The second kappa shape index (κ2) is 10.6. The molecule has 0 spiro atoms. The van der Waals surface area contributed by atoms with Gasteiger partial charge in [-0.05, 0) is 37.8 Å². The first-order valence-corrected chi connectivity index (χ1v) is 10.8. The molecule has 2 atom stereocenters. The Labute approximate surface area is 173 Å². The largest absolute Gasteiger partial charge is 0.336 e. The van der Waals surface area contributed by atoms with Crippen molar-refractivity contribution in [1.82, 2.24) is 9.80 Å². The van der Waals surface area contributed by atoms with Gasteiger partial charge < -0.3 is 0 Å². The third kappa shape index (κ3) is 5.57. The van der Waals surface area contributed by atoms with E-state index >= 15 is 0 Å². The van der Waals surface area contributed by atoms with E-state index in [-0.39, 0.29) is 10.2 Å². The quantitative estimate of drug-likeness (QED) is 0.299. The third-order valence-corrected chi connectivity index (χ3v) is 6.43. The van der Waals surface area contributed by atoms with Crippen LogP contribution in [0.1, 0.15) is 53.4 Å². The van der Waals surface area contributed by atoms with Crippen molar-refractivity contribution in [3.8, 4) is 0 Å². The van der Waals surface area contributed by atoms with Crippen LogP contribution in [-0.4, -0.2) is 48.6 Å². The van der Waals surface area contributed by atoms with Gasteiger partial charge in [-0.3, -0.25) is 19.2 Å². The maximum atomic E-state index is 13.0. The topological polar surface area (TPSA) is 91.8 Å². The van der Waals surface area contributed by atoms with Gasteiger partial charge in [0.05, 0.1) is 10.7 Å². The molecule has 0 aliphatic carbocycles. The fraction of sp³-hybridized carbons (Fsp3) is 0.526. The minimum absolute atomic E-state index is 0.292. The molecule has 1 rings (SSSR count). The molecule has 7 nitrogen and oxygen atoms in total. The Kier molecular flexibility index (Phi) is 9.16. The van der Waals surface area contributed by atoms with Crippen molar-refractivity contribution in [2.75, 3.05) is 0 Å². The van der Waals surface area contributed by atoms with E-state index in [1.807, 2.05) is 13.8 Å². The van der Waals surface area contributed by atoms with Crippen molar-refractivity contribution in [2.24, 2.45) is 0 Å². The van der Waals surface area contributed by atoms with E-state index < -0.39 is 28.6 Å². The summed E-state index contributed by atoms with van der Waals surface area (Å²) in [6.07, 6.45) is 1.93. The Bertz CT molecular complexity index is 661. The number of carbonyl (C=O) groups excluding carboxylic acids is 5. The molecule has 0 bridgehead atoms. The van der Waals surface area contributed by atoms with Gasteiger partial charge in [-0.2, -0.15) is 0 Å². The van der Waals surface area contributed by atoms with Gasteiger partial charge in [0.1, 0.15) is 0 Å². The summed E-state index contributed by atoms with van der Waals surface area (Å²) in [7, 11) is 0. The molecule has 0 N–H and O–H groups in total. The van der Waals surface area contributed by atoms with Crippen molar-refractivity contribution >= 4 is 51.6 Å². The standard InChI is InChI=1S/C19H26N2O5S2/c1-7-9-13(27-17(24)11(3)4)20-15(22)16(23)21(19(20)26)14(10-8-2)28-18(25)12(5)6/h13-14H,3,5,7-10H2,1-2,4,6H3. The van der Waals surface area contributed by atoms with E-state index in [2.05, 4.69) is 13.2 Å². The van der Waals surface area contributed by atoms with Crippen molar-refractivity contribution in [1.29, 1.82) is 0 Å². The summed E-state index contributed by atoms with van der Waals surface area (Å²) >= 11 is 1.62. The van der Waals surface area contributed by atoms with Gasteiger partial charge in [0.15, 0.2) is 0 Å². The van der Waals surface area contributed by atoms with Gasteiger partial charge >= 0.3 is 17.8 Å². The number of urea groups is 1. The highest BCUT2D eigenvalue weighted by Crippen LogP contribution is 2.33. The summed E-state index contributed by atoms with van der Waals surface area (Å²) in [6, 6.07) is -0.795. The zero-order valence-corrected chi connectivity index (χ0v) is 18.3. The molecule has 0 aromatic carbocycles. The number of imide groups is 2. The SMILES string of the molecule is C=C(C)C(=O)SC(CCC)N1C(=O)C(=O)N(C(CCC)SC(=O)C(=C)C)C1=O. The van der Waals surface area contributed by atoms with Gasteiger partial charge in [0.2, 0.25) is 10.2 Å². The maximum Gasteiger partial charge on any atom is 0.336 e. The Morgan fingerprint density at radius 3 is 1.39 bits per heavy atom. The van der Waals surface area contributed by atoms with Gasteiger partial charge in [-0.15, -0.1) is 0 Å². The van der Waals surface area contributed by atoms with Crippen LogP contribution in [0.15, 0.2) is 24.3 Å². The van der Waals surface area contributed by atoms with E-state index in [1.165, 1.54) is 0 Å². The van der Waals surface area contributed by atoms with Crippen LogP contribution in [0.5, 0.6) is 0 Å². The van der Waals surface area contributed by atoms with Gasteiger partial charge in [0.25, 0.3) is 0 Å². The number of carbonyl (C=O) groups is 5. The molecule has 4 amide bonds. The molecule has 2 unspecified atom stereocenters. The molecule has 1 saturated heterocycles. The molecular weight excluding hydrogens is 400 g/mol. The van der Waals surface area contributed by atoms with Crippen LogP contribution in [0.4, 0.5) is 4.79 Å². The first-order valence-electron chi connectivity index (χ1n) is 9.00. The van der Waals surface area contributed by atoms with E-state index in [0.717, 1.165) is 33.3 Å². The molecular formula is C19H26N2O5S2. The summed E-state index contributed by atoms with van der Waals surface area (Å²) < 4.78 is 0. The smallest absolute Gasteiger partial charge is 0.282 e. The van der Waals surface area contributed by atoms with Gasteiger partial charge in [0, 0.05) is 0 Å². The summed E-state index contributed by atoms with van der Waals surface area (Å²) in [4.78, 5) is 64.0. The zero-order valence-electron chi connectivity index (χ0n) is 16.6. The molecule has 28 heavy (non-hydrogen) atoms. The zero-order chi connectivity index (χ0) is 21.6. The highest BCUT2D eigenvalue weighted by atomic mass is 32.2. The molecule has 0 aromatic rings. The molecule has 1 fully saturated rings. The second-order valence-corrected chi connectivity index (χ2v) is 8.79. The van der Waals surface area contributed by atoms with E-state index in [4.69, 9.17) is 0 Å². The van der Waals surface area contributed by atoms with Gasteiger partial charge in [-0.1, -0.05) is 63.4 Å². The fourth-order valence-electron chi connectivity index (χ4n) is 2.43. The molecule has 0 radical (unpaired) electrons. The Hall–Kier alpha value is -1.87.